The zero-order valence-corrected chi connectivity index (χ0v) is 17.4. The molecule has 2 aromatic rings. The highest BCUT2D eigenvalue weighted by molar-refractivity contribution is 8.26. The van der Waals surface area contributed by atoms with E-state index in [-0.39, 0.29) is 18.2 Å². The second-order valence-electron chi connectivity index (χ2n) is 5.95. The molecule has 1 aliphatic rings. The maximum absolute atomic E-state index is 12.6. The molecular weight excluding hydrogens is 420 g/mol. The van der Waals surface area contributed by atoms with Crippen molar-refractivity contribution in [2.24, 2.45) is 0 Å². The Morgan fingerprint density at radius 1 is 1.36 bits per heavy atom. The molecule has 2 amide bonds. The molecule has 146 valence electrons. The summed E-state index contributed by atoms with van der Waals surface area (Å²) in [6, 6.07) is 7.20. The first kappa shape index (κ1) is 20.5. The topological polar surface area (TPSA) is 88.3 Å². The number of thioether (sulfide) groups is 1. The molecule has 1 fully saturated rings. The number of aromatic nitrogens is 2. The van der Waals surface area contributed by atoms with Crippen LogP contribution in [0.15, 0.2) is 33.8 Å². The van der Waals surface area contributed by atoms with E-state index in [1.54, 1.807) is 18.2 Å². The quantitative estimate of drug-likeness (QED) is 0.520. The van der Waals surface area contributed by atoms with Crippen LogP contribution in [0.4, 0.5) is 5.82 Å². The Hall–Kier alpha value is -2.23. The number of benzene rings is 1. The van der Waals surface area contributed by atoms with Gasteiger partial charge in [0.2, 0.25) is 11.7 Å². The lowest BCUT2D eigenvalue weighted by Gasteiger charge is -2.13. The van der Waals surface area contributed by atoms with E-state index in [9.17, 15) is 9.59 Å². The number of nitrogens with one attached hydrogen (secondary N) is 1. The number of rotatable bonds is 7. The Kier molecular flexibility index (Phi) is 6.82. The molecule has 28 heavy (non-hydrogen) atoms. The lowest BCUT2D eigenvalue weighted by atomic mass is 10.2. The molecule has 0 unspecified atom stereocenters. The highest BCUT2D eigenvalue weighted by Gasteiger charge is 2.31. The van der Waals surface area contributed by atoms with Crippen LogP contribution in [0, 0.1) is 0 Å². The van der Waals surface area contributed by atoms with E-state index in [0.717, 1.165) is 5.56 Å². The summed E-state index contributed by atoms with van der Waals surface area (Å²) in [6.45, 7) is 2.26. The molecule has 0 saturated carbocycles. The minimum atomic E-state index is -0.215. The van der Waals surface area contributed by atoms with Gasteiger partial charge in [-0.1, -0.05) is 59.8 Å². The van der Waals surface area contributed by atoms with Crippen LogP contribution >= 0.6 is 35.6 Å². The highest BCUT2D eigenvalue weighted by Crippen LogP contribution is 2.32. The number of aryl methyl sites for hydroxylation is 1. The summed E-state index contributed by atoms with van der Waals surface area (Å²) in [4.78, 5) is 26.7. The lowest BCUT2D eigenvalue weighted by molar-refractivity contribution is -0.122. The van der Waals surface area contributed by atoms with Gasteiger partial charge < -0.3 is 5.32 Å². The molecule has 1 aliphatic heterocycles. The summed E-state index contributed by atoms with van der Waals surface area (Å²) in [6.07, 6.45) is 3.09. The average Bonchev–Trinajstić information content (AvgIpc) is 3.22. The Morgan fingerprint density at radius 2 is 2.11 bits per heavy atom. The van der Waals surface area contributed by atoms with Gasteiger partial charge >= 0.3 is 0 Å². The van der Waals surface area contributed by atoms with Gasteiger partial charge in [-0.15, -0.1) is 0 Å². The van der Waals surface area contributed by atoms with Crippen LogP contribution in [0.25, 0.3) is 6.08 Å². The maximum Gasteiger partial charge on any atom is 0.266 e. The molecule has 0 atom stereocenters. The lowest BCUT2D eigenvalue weighted by Crippen LogP contribution is -2.29. The number of hydrogen-bond donors (Lipinski definition) is 1. The van der Waals surface area contributed by atoms with E-state index in [4.69, 9.17) is 23.8 Å². The van der Waals surface area contributed by atoms with Crippen LogP contribution < -0.4 is 5.32 Å². The van der Waals surface area contributed by atoms with Crippen LogP contribution in [0.2, 0.25) is 5.02 Å². The monoisotopic (exact) mass is 436 g/mol. The fraction of sp³-hybridized carbons (Fsp3) is 0.278. The SMILES string of the molecule is CCc1nonc1NC(=O)CCCN1C(=O)/C(=C/c2ccc(Cl)cc2)SC1=S. The van der Waals surface area contributed by atoms with E-state index >= 15 is 0 Å². The van der Waals surface area contributed by atoms with Crippen LogP contribution in [0.5, 0.6) is 0 Å². The number of thiocarbonyl (C=S) groups is 1. The van der Waals surface area contributed by atoms with Crippen LogP contribution in [-0.4, -0.2) is 37.9 Å². The van der Waals surface area contributed by atoms with E-state index in [2.05, 4.69) is 20.3 Å². The van der Waals surface area contributed by atoms with Crippen LogP contribution in [-0.2, 0) is 16.0 Å². The van der Waals surface area contributed by atoms with Crippen molar-refractivity contribution in [3.63, 3.8) is 0 Å². The van der Waals surface area contributed by atoms with E-state index < -0.39 is 0 Å². The van der Waals surface area contributed by atoms with Gasteiger partial charge in [-0.3, -0.25) is 14.5 Å². The third-order valence-electron chi connectivity index (χ3n) is 3.98. The van der Waals surface area contributed by atoms with Crippen molar-refractivity contribution >= 4 is 63.6 Å². The Morgan fingerprint density at radius 3 is 2.82 bits per heavy atom. The predicted molar refractivity (Wildman–Crippen MR) is 113 cm³/mol. The number of nitrogens with zero attached hydrogens (tertiary/aromatic N) is 3. The summed E-state index contributed by atoms with van der Waals surface area (Å²) >= 11 is 12.4. The van der Waals surface area contributed by atoms with Gasteiger partial charge in [0, 0.05) is 18.0 Å². The standard InChI is InChI=1S/C18H17ClN4O3S2/c1-2-13-16(22-26-21-13)20-15(24)4-3-9-23-17(25)14(28-18(23)27)10-11-5-7-12(19)8-6-11/h5-8,10H,2-4,9H2,1H3,(H,20,22,24)/b14-10-. The molecule has 7 nitrogen and oxygen atoms in total. The number of amides is 2. The van der Waals surface area contributed by atoms with Gasteiger partial charge in [-0.05, 0) is 41.8 Å². The Balaban J connectivity index is 1.53. The van der Waals surface area contributed by atoms with Gasteiger partial charge in [0.1, 0.15) is 10.0 Å². The minimum Gasteiger partial charge on any atom is -0.306 e. The molecule has 0 spiro atoms. The highest BCUT2D eigenvalue weighted by atomic mass is 35.5. The zero-order valence-electron chi connectivity index (χ0n) is 15.0. The smallest absolute Gasteiger partial charge is 0.266 e. The molecule has 1 aromatic heterocycles. The third kappa shape index (κ3) is 4.98. The summed E-state index contributed by atoms with van der Waals surface area (Å²) in [5, 5.41) is 10.7. The number of anilines is 1. The molecule has 0 radical (unpaired) electrons. The van der Waals surface area contributed by atoms with Crippen LogP contribution in [0.1, 0.15) is 31.0 Å². The second kappa shape index (κ2) is 9.31. The number of halogens is 1. The fourth-order valence-corrected chi connectivity index (χ4v) is 3.96. The summed E-state index contributed by atoms with van der Waals surface area (Å²) in [7, 11) is 0. The number of hydrogen-bond acceptors (Lipinski definition) is 7. The molecule has 10 heteroatoms. The maximum atomic E-state index is 12.6. The number of carbonyl (C=O) groups is 2. The summed E-state index contributed by atoms with van der Waals surface area (Å²) < 4.78 is 5.10. The first-order valence-electron chi connectivity index (χ1n) is 8.60. The summed E-state index contributed by atoms with van der Waals surface area (Å²) in [5.74, 6) is -0.0316. The van der Waals surface area contributed by atoms with Crippen molar-refractivity contribution in [2.75, 3.05) is 11.9 Å². The summed E-state index contributed by atoms with van der Waals surface area (Å²) in [5.41, 5.74) is 1.47. The molecular formula is C18H17ClN4O3S2. The van der Waals surface area contributed by atoms with Crippen molar-refractivity contribution in [3.05, 3.63) is 45.5 Å². The predicted octanol–water partition coefficient (Wildman–Crippen LogP) is 3.91. The minimum absolute atomic E-state index is 0.153. The average molecular weight is 437 g/mol. The number of carbonyl (C=O) groups excluding carboxylic acids is 2. The first-order chi connectivity index (χ1) is 13.5. The molecule has 0 bridgehead atoms. The van der Waals surface area contributed by atoms with E-state index in [0.29, 0.717) is 45.1 Å². The first-order valence-corrected chi connectivity index (χ1v) is 10.2. The van der Waals surface area contributed by atoms with Crippen molar-refractivity contribution in [3.8, 4) is 0 Å². The van der Waals surface area contributed by atoms with Gasteiger partial charge in [0.25, 0.3) is 5.91 Å². The second-order valence-corrected chi connectivity index (χ2v) is 8.06. The van der Waals surface area contributed by atoms with E-state index in [1.807, 2.05) is 19.1 Å². The third-order valence-corrected chi connectivity index (χ3v) is 5.61. The Bertz CT molecular complexity index is 927. The molecule has 0 aliphatic carbocycles. The largest absolute Gasteiger partial charge is 0.306 e. The molecule has 1 N–H and O–H groups in total. The zero-order chi connectivity index (χ0) is 20.1. The van der Waals surface area contributed by atoms with Gasteiger partial charge in [0.15, 0.2) is 0 Å². The van der Waals surface area contributed by atoms with Gasteiger partial charge in [-0.2, -0.15) is 0 Å². The van der Waals surface area contributed by atoms with Gasteiger partial charge in [-0.25, -0.2) is 4.63 Å². The molecule has 1 aromatic carbocycles. The molecule has 3 rings (SSSR count). The molecule has 1 saturated heterocycles. The van der Waals surface area contributed by atoms with Crippen molar-refractivity contribution < 1.29 is 14.2 Å². The van der Waals surface area contributed by atoms with Crippen molar-refractivity contribution in [1.29, 1.82) is 0 Å². The Labute approximate surface area is 176 Å². The van der Waals surface area contributed by atoms with Gasteiger partial charge in [0.05, 0.1) is 4.91 Å². The normalized spacial score (nSPS) is 15.5. The van der Waals surface area contributed by atoms with E-state index in [1.165, 1.54) is 16.7 Å². The van der Waals surface area contributed by atoms with Crippen LogP contribution in [0.3, 0.4) is 0 Å². The van der Waals surface area contributed by atoms with Crippen molar-refractivity contribution in [2.45, 2.75) is 26.2 Å². The van der Waals surface area contributed by atoms with Crippen molar-refractivity contribution in [1.82, 2.24) is 15.2 Å². The molecule has 2 heterocycles. The fourth-order valence-electron chi connectivity index (χ4n) is 2.53.